The summed E-state index contributed by atoms with van der Waals surface area (Å²) in [6.07, 6.45) is -5.19. The number of carbonyl (C=O) groups is 2. The fourth-order valence-electron chi connectivity index (χ4n) is 4.29. The number of nitrogens with zero attached hydrogens (tertiary/aromatic N) is 4. The third kappa shape index (κ3) is 6.69. The van der Waals surface area contributed by atoms with E-state index in [2.05, 4.69) is 36.2 Å². The summed E-state index contributed by atoms with van der Waals surface area (Å²) in [6, 6.07) is 0. The van der Waals surface area contributed by atoms with Crippen molar-refractivity contribution < 1.29 is 51.4 Å². The van der Waals surface area contributed by atoms with E-state index in [1.807, 2.05) is 0 Å². The molecule has 2 aromatic rings. The molecule has 0 saturated carbocycles. The number of hydrogen-bond donors (Lipinski definition) is 3. The SMILES string of the molecule is COc1nc(N)nc2c1ncn2[C@@H]1O[C@H](COP2(=O)OCC(C)(C)[C@H](C(=O)NCCC(=O)OC(C)C)O2)[C@H](O)C1(F)Br. The summed E-state index contributed by atoms with van der Waals surface area (Å²) in [6.45, 7) is 5.85. The normalized spacial score (nSPS) is 30.9. The molecular weight excluding hydrogens is 650 g/mol. The van der Waals surface area contributed by atoms with E-state index >= 15 is 4.39 Å². The van der Waals surface area contributed by atoms with E-state index in [9.17, 15) is 19.3 Å². The van der Waals surface area contributed by atoms with Gasteiger partial charge in [-0.15, -0.1) is 0 Å². The molecule has 19 heteroatoms. The number of rotatable bonds is 10. The lowest BCUT2D eigenvalue weighted by Crippen LogP contribution is -2.50. The van der Waals surface area contributed by atoms with Gasteiger partial charge in [-0.05, 0) is 29.8 Å². The second-order valence-electron chi connectivity index (χ2n) is 10.6. The van der Waals surface area contributed by atoms with Crippen molar-refractivity contribution in [3.63, 3.8) is 0 Å². The molecule has 2 saturated heterocycles. The first-order valence-electron chi connectivity index (χ1n) is 12.9. The van der Waals surface area contributed by atoms with Crippen molar-refractivity contribution in [1.29, 1.82) is 0 Å². The average Bonchev–Trinajstić information content (AvgIpc) is 3.41. The van der Waals surface area contributed by atoms with Crippen molar-refractivity contribution in [3.8, 4) is 5.88 Å². The predicted octanol–water partition coefficient (Wildman–Crippen LogP) is 1.76. The van der Waals surface area contributed by atoms with Crippen LogP contribution in [0.3, 0.4) is 0 Å². The summed E-state index contributed by atoms with van der Waals surface area (Å²) in [5.74, 6) is -1.25. The summed E-state index contributed by atoms with van der Waals surface area (Å²) in [7, 11) is -3.03. The number of anilines is 1. The Morgan fingerprint density at radius 3 is 2.76 bits per heavy atom. The molecule has 42 heavy (non-hydrogen) atoms. The Hall–Kier alpha value is -2.47. The van der Waals surface area contributed by atoms with Crippen molar-refractivity contribution in [2.45, 2.75) is 69.3 Å². The molecular formula is C23H33BrFN6O10P. The van der Waals surface area contributed by atoms with Crippen LogP contribution < -0.4 is 15.8 Å². The van der Waals surface area contributed by atoms with Gasteiger partial charge in [-0.3, -0.25) is 27.7 Å². The zero-order valence-corrected chi connectivity index (χ0v) is 26.0. The number of phosphoric acid groups is 1. The third-order valence-electron chi connectivity index (χ3n) is 6.40. The fourth-order valence-corrected chi connectivity index (χ4v) is 6.57. The van der Waals surface area contributed by atoms with E-state index in [1.54, 1.807) is 27.7 Å². The predicted molar refractivity (Wildman–Crippen MR) is 146 cm³/mol. The van der Waals surface area contributed by atoms with E-state index in [4.69, 9.17) is 33.5 Å². The maximum absolute atomic E-state index is 15.8. The number of aliphatic hydroxyl groups excluding tert-OH is 1. The standard InChI is InChI=1S/C23H33BrFN6O10P/c1-11(2)39-13(32)6-7-27-18(34)16-22(3,4)9-38-42(35,41-16)37-8-12-15(33)23(24,25)20(40-12)31-10-28-14-17(31)29-21(26)30-19(14)36-5/h10-12,15-16,20,33H,6-9H2,1-5H3,(H,27,34)(H2,26,29,30)/t12-,15+,16+,20-,23?,42?/m1/s1. The number of esters is 1. The van der Waals surface area contributed by atoms with Crippen LogP contribution in [0.2, 0.25) is 0 Å². The highest BCUT2D eigenvalue weighted by atomic mass is 79.9. The summed E-state index contributed by atoms with van der Waals surface area (Å²) < 4.78 is 59.9. The third-order valence-corrected chi connectivity index (χ3v) is 8.64. The second kappa shape index (κ2) is 12.3. The van der Waals surface area contributed by atoms with Gasteiger partial charge in [0.1, 0.15) is 12.2 Å². The molecule has 1 amide bonds. The first-order valence-corrected chi connectivity index (χ1v) is 15.1. The molecule has 0 bridgehead atoms. The molecule has 0 spiro atoms. The van der Waals surface area contributed by atoms with Gasteiger partial charge in [0.05, 0.1) is 39.2 Å². The van der Waals surface area contributed by atoms with Crippen LogP contribution in [-0.2, 0) is 37.2 Å². The number of nitrogen functional groups attached to an aromatic ring is 1. The molecule has 4 heterocycles. The smallest absolute Gasteiger partial charge is 0.475 e. The minimum Gasteiger partial charge on any atom is -0.479 e. The van der Waals surface area contributed by atoms with Gasteiger partial charge in [-0.25, -0.2) is 13.9 Å². The Labute approximate surface area is 248 Å². The number of fused-ring (bicyclic) bond motifs is 1. The van der Waals surface area contributed by atoms with Gasteiger partial charge in [-0.1, -0.05) is 13.8 Å². The van der Waals surface area contributed by atoms with E-state index < -0.39 is 60.8 Å². The van der Waals surface area contributed by atoms with Crippen LogP contribution in [0, 0.1) is 5.41 Å². The molecule has 0 aliphatic carbocycles. The highest BCUT2D eigenvalue weighted by Gasteiger charge is 2.58. The molecule has 16 nitrogen and oxygen atoms in total. The lowest BCUT2D eigenvalue weighted by Gasteiger charge is -2.39. The molecule has 2 aliphatic rings. The lowest BCUT2D eigenvalue weighted by molar-refractivity contribution is -0.147. The Kier molecular flexibility index (Phi) is 9.47. The molecule has 2 aliphatic heterocycles. The van der Waals surface area contributed by atoms with Crippen LogP contribution in [-0.4, -0.2) is 92.4 Å². The van der Waals surface area contributed by atoms with Gasteiger partial charge < -0.3 is 30.4 Å². The number of aliphatic hydroxyl groups is 1. The zero-order valence-electron chi connectivity index (χ0n) is 23.5. The number of alkyl halides is 2. The monoisotopic (exact) mass is 682 g/mol. The topological polar surface area (TPSA) is 208 Å². The van der Waals surface area contributed by atoms with Gasteiger partial charge in [0.2, 0.25) is 22.3 Å². The van der Waals surface area contributed by atoms with Crippen LogP contribution >= 0.6 is 23.8 Å². The van der Waals surface area contributed by atoms with Gasteiger partial charge in [0.15, 0.2) is 23.5 Å². The summed E-state index contributed by atoms with van der Waals surface area (Å²) in [5, 5.41) is 13.3. The molecule has 234 valence electrons. The summed E-state index contributed by atoms with van der Waals surface area (Å²) >= 11 is 2.88. The number of imidazole rings is 1. The minimum atomic E-state index is -4.38. The lowest BCUT2D eigenvalue weighted by atomic mass is 9.87. The highest BCUT2D eigenvalue weighted by molar-refractivity contribution is 9.10. The molecule has 2 fully saturated rings. The summed E-state index contributed by atoms with van der Waals surface area (Å²) in [4.78, 5) is 36.8. The van der Waals surface area contributed by atoms with Gasteiger partial charge in [-0.2, -0.15) is 9.97 Å². The van der Waals surface area contributed by atoms with Crippen molar-refractivity contribution >= 4 is 52.7 Å². The number of hydrogen-bond acceptors (Lipinski definition) is 14. The number of carbonyl (C=O) groups excluding carboxylic acids is 2. The molecule has 6 atom stereocenters. The van der Waals surface area contributed by atoms with E-state index in [1.165, 1.54) is 18.0 Å². The number of ether oxygens (including phenoxy) is 3. The molecule has 2 aromatic heterocycles. The second-order valence-corrected chi connectivity index (χ2v) is 13.5. The first kappa shape index (κ1) is 32.4. The molecule has 0 aromatic carbocycles. The number of nitrogens with one attached hydrogen (secondary N) is 1. The summed E-state index contributed by atoms with van der Waals surface area (Å²) in [5.41, 5.74) is 5.05. The average molecular weight is 683 g/mol. The van der Waals surface area contributed by atoms with Gasteiger partial charge in [0.25, 0.3) is 0 Å². The van der Waals surface area contributed by atoms with Crippen LogP contribution in [0.5, 0.6) is 5.88 Å². The quantitative estimate of drug-likeness (QED) is 0.185. The van der Waals surface area contributed by atoms with Crippen molar-refractivity contribution in [3.05, 3.63) is 6.33 Å². The van der Waals surface area contributed by atoms with Crippen LogP contribution in [0.15, 0.2) is 6.33 Å². The number of phosphoric ester groups is 1. The molecule has 4 rings (SSSR count). The fraction of sp³-hybridized carbons (Fsp3) is 0.696. The number of nitrogens with two attached hydrogens (primary N) is 1. The Morgan fingerprint density at radius 1 is 1.38 bits per heavy atom. The number of aromatic nitrogens is 4. The van der Waals surface area contributed by atoms with Crippen LogP contribution in [0.25, 0.3) is 11.2 Å². The van der Waals surface area contributed by atoms with Gasteiger partial charge >= 0.3 is 13.8 Å². The van der Waals surface area contributed by atoms with Crippen molar-refractivity contribution in [2.24, 2.45) is 5.41 Å². The van der Waals surface area contributed by atoms with Gasteiger partial charge in [0, 0.05) is 12.0 Å². The van der Waals surface area contributed by atoms with Crippen molar-refractivity contribution in [2.75, 3.05) is 32.6 Å². The maximum Gasteiger partial charge on any atom is 0.475 e. The zero-order chi connectivity index (χ0) is 31.0. The Morgan fingerprint density at radius 2 is 2.10 bits per heavy atom. The van der Waals surface area contributed by atoms with E-state index in [0.717, 1.165) is 0 Å². The number of halogens is 2. The highest BCUT2D eigenvalue weighted by Crippen LogP contribution is 2.58. The van der Waals surface area contributed by atoms with Crippen LogP contribution in [0.4, 0.5) is 10.3 Å². The first-order chi connectivity index (χ1) is 19.6. The number of amides is 1. The van der Waals surface area contributed by atoms with E-state index in [0.29, 0.717) is 0 Å². The largest absolute Gasteiger partial charge is 0.479 e. The molecule has 0 radical (unpaired) electrons. The Balaban J connectivity index is 1.43. The maximum atomic E-state index is 15.8. The van der Waals surface area contributed by atoms with E-state index in [-0.39, 0.29) is 48.7 Å². The molecule has 4 N–H and O–H groups in total. The minimum absolute atomic E-state index is 0.0367. The molecule has 2 unspecified atom stereocenters. The van der Waals surface area contributed by atoms with Crippen molar-refractivity contribution in [1.82, 2.24) is 24.8 Å². The van der Waals surface area contributed by atoms with Crippen LogP contribution in [0.1, 0.15) is 40.3 Å². The number of methoxy groups -OCH3 is 1. The Bertz CT molecular complexity index is 1380.